The Bertz CT molecular complexity index is 809. The van der Waals surface area contributed by atoms with Crippen molar-refractivity contribution in [3.05, 3.63) is 47.3 Å². The van der Waals surface area contributed by atoms with Crippen LogP contribution >= 0.6 is 0 Å². The molecule has 0 fully saturated rings. The van der Waals surface area contributed by atoms with Crippen molar-refractivity contribution in [2.24, 2.45) is 4.99 Å². The Balaban J connectivity index is 1.71. The fourth-order valence-corrected chi connectivity index (χ4v) is 2.88. The molecule has 4 N–H and O–H groups in total. The highest BCUT2D eigenvalue weighted by Crippen LogP contribution is 2.09. The van der Waals surface area contributed by atoms with Crippen molar-refractivity contribution in [3.8, 4) is 0 Å². The zero-order valence-corrected chi connectivity index (χ0v) is 18.0. The number of nitrogens with zero attached hydrogens (tertiary/aromatic N) is 3. The summed E-state index contributed by atoms with van der Waals surface area (Å²) in [6.07, 6.45) is 0.960. The monoisotopic (exact) mass is 399 g/mol. The fraction of sp³-hybridized carbons (Fsp3) is 0.476. The van der Waals surface area contributed by atoms with Gasteiger partial charge >= 0.3 is 6.03 Å². The molecular weight excluding hydrogens is 366 g/mol. The van der Waals surface area contributed by atoms with E-state index in [4.69, 9.17) is 0 Å². The van der Waals surface area contributed by atoms with Crippen LogP contribution < -0.4 is 21.3 Å². The number of hydrogen-bond donors (Lipinski definition) is 4. The number of nitrogens with one attached hydrogen (secondary N) is 4. The molecule has 2 rings (SSSR count). The summed E-state index contributed by atoms with van der Waals surface area (Å²) < 4.78 is 2.03. The molecule has 0 saturated heterocycles. The van der Waals surface area contributed by atoms with E-state index in [1.54, 1.807) is 7.05 Å². The number of urea groups is 1. The van der Waals surface area contributed by atoms with Gasteiger partial charge in [-0.05, 0) is 57.9 Å². The van der Waals surface area contributed by atoms with Crippen LogP contribution in [0.5, 0.6) is 0 Å². The van der Waals surface area contributed by atoms with Crippen molar-refractivity contribution in [1.82, 2.24) is 25.7 Å². The number of aromatic nitrogens is 2. The zero-order chi connectivity index (χ0) is 21.2. The lowest BCUT2D eigenvalue weighted by molar-refractivity contribution is 0.250. The number of guanidine groups is 1. The van der Waals surface area contributed by atoms with Crippen molar-refractivity contribution in [2.75, 3.05) is 18.9 Å². The Morgan fingerprint density at radius 2 is 1.90 bits per heavy atom. The molecule has 8 heteroatoms. The molecule has 2 aromatic rings. The van der Waals surface area contributed by atoms with Crippen molar-refractivity contribution in [1.29, 1.82) is 0 Å². The van der Waals surface area contributed by atoms with Gasteiger partial charge in [0, 0.05) is 44.1 Å². The summed E-state index contributed by atoms with van der Waals surface area (Å²) in [7, 11) is 1.76. The molecule has 0 radical (unpaired) electrons. The van der Waals surface area contributed by atoms with Crippen LogP contribution in [-0.2, 0) is 13.1 Å². The molecule has 0 aliphatic carbocycles. The van der Waals surface area contributed by atoms with Gasteiger partial charge in [0.2, 0.25) is 0 Å². The molecule has 0 unspecified atom stereocenters. The van der Waals surface area contributed by atoms with E-state index >= 15 is 0 Å². The van der Waals surface area contributed by atoms with E-state index in [1.165, 1.54) is 5.69 Å². The minimum absolute atomic E-state index is 0.102. The minimum atomic E-state index is -0.198. The maximum Gasteiger partial charge on any atom is 0.319 e. The standard InChI is InChI=1S/C21H33N7O/c1-15(2)25-21(29)26-19-9-7-18(8-10-19)14-24-20(22-5)23-11-6-12-28-17(4)13-16(3)27-28/h7-10,13,15H,6,11-12,14H2,1-5H3,(H2,22,23,24)(H2,25,26,29). The third kappa shape index (κ3) is 7.85. The number of benzene rings is 1. The van der Waals surface area contributed by atoms with Crippen molar-refractivity contribution in [3.63, 3.8) is 0 Å². The molecule has 0 aliphatic heterocycles. The van der Waals surface area contributed by atoms with Gasteiger partial charge in [0.1, 0.15) is 0 Å². The number of carbonyl (C=O) groups excluding carboxylic acids is 1. The van der Waals surface area contributed by atoms with Gasteiger partial charge < -0.3 is 21.3 Å². The highest BCUT2D eigenvalue weighted by atomic mass is 16.2. The average molecular weight is 400 g/mol. The van der Waals surface area contributed by atoms with Crippen LogP contribution in [0.3, 0.4) is 0 Å². The molecule has 0 aliphatic rings. The van der Waals surface area contributed by atoms with Crippen LogP contribution in [0.15, 0.2) is 35.3 Å². The predicted octanol–water partition coefficient (Wildman–Crippen LogP) is 2.79. The average Bonchev–Trinajstić information content (AvgIpc) is 2.98. The van der Waals surface area contributed by atoms with Gasteiger partial charge in [-0.15, -0.1) is 0 Å². The maximum atomic E-state index is 11.7. The Morgan fingerprint density at radius 3 is 2.48 bits per heavy atom. The number of aryl methyl sites for hydroxylation is 3. The predicted molar refractivity (Wildman–Crippen MR) is 118 cm³/mol. The molecule has 29 heavy (non-hydrogen) atoms. The van der Waals surface area contributed by atoms with Crippen molar-refractivity contribution >= 4 is 17.7 Å². The van der Waals surface area contributed by atoms with Gasteiger partial charge in [-0.25, -0.2) is 4.79 Å². The second-order valence-corrected chi connectivity index (χ2v) is 7.31. The van der Waals surface area contributed by atoms with E-state index < -0.39 is 0 Å². The first-order chi connectivity index (χ1) is 13.9. The van der Waals surface area contributed by atoms with Crippen LogP contribution in [0.1, 0.15) is 37.2 Å². The van der Waals surface area contributed by atoms with E-state index in [1.807, 2.05) is 49.7 Å². The number of rotatable bonds is 8. The van der Waals surface area contributed by atoms with Crippen LogP contribution in [0.2, 0.25) is 0 Å². The van der Waals surface area contributed by atoms with Gasteiger partial charge in [0.05, 0.1) is 5.69 Å². The molecule has 1 heterocycles. The first-order valence-corrected chi connectivity index (χ1v) is 9.99. The quantitative estimate of drug-likeness (QED) is 0.312. The normalized spacial score (nSPS) is 11.4. The third-order valence-electron chi connectivity index (χ3n) is 4.26. The van der Waals surface area contributed by atoms with Crippen LogP contribution in [0.25, 0.3) is 0 Å². The lowest BCUT2D eigenvalue weighted by atomic mass is 10.2. The molecule has 0 spiro atoms. The summed E-state index contributed by atoms with van der Waals surface area (Å²) in [4.78, 5) is 16.0. The smallest absolute Gasteiger partial charge is 0.319 e. The summed E-state index contributed by atoms with van der Waals surface area (Å²) >= 11 is 0. The van der Waals surface area contributed by atoms with Gasteiger partial charge in [0.15, 0.2) is 5.96 Å². The molecule has 1 aromatic heterocycles. The summed E-state index contributed by atoms with van der Waals surface area (Å²) in [5.74, 6) is 0.761. The van der Waals surface area contributed by atoms with Crippen molar-refractivity contribution in [2.45, 2.75) is 53.2 Å². The lowest BCUT2D eigenvalue weighted by Crippen LogP contribution is -2.37. The minimum Gasteiger partial charge on any atom is -0.356 e. The molecule has 0 bridgehead atoms. The van der Waals surface area contributed by atoms with Gasteiger partial charge in [-0.1, -0.05) is 12.1 Å². The number of carbonyl (C=O) groups is 1. The summed E-state index contributed by atoms with van der Waals surface area (Å²) in [5, 5.41) is 16.7. The van der Waals surface area contributed by atoms with E-state index in [0.717, 1.165) is 42.4 Å². The first-order valence-electron chi connectivity index (χ1n) is 9.99. The number of hydrogen-bond acceptors (Lipinski definition) is 3. The van der Waals surface area contributed by atoms with E-state index in [-0.39, 0.29) is 12.1 Å². The Labute approximate surface area is 173 Å². The molecule has 0 atom stereocenters. The fourth-order valence-electron chi connectivity index (χ4n) is 2.88. The Hall–Kier alpha value is -3.03. The van der Waals surface area contributed by atoms with Gasteiger partial charge in [-0.3, -0.25) is 9.67 Å². The molecule has 158 valence electrons. The summed E-state index contributed by atoms with van der Waals surface area (Å²) in [6, 6.07) is 9.73. The van der Waals surface area contributed by atoms with Crippen LogP contribution in [-0.4, -0.2) is 41.4 Å². The summed E-state index contributed by atoms with van der Waals surface area (Å²) in [5.41, 5.74) is 4.10. The van der Waals surface area contributed by atoms with Gasteiger partial charge in [0.25, 0.3) is 0 Å². The Kier molecular flexibility index (Phi) is 8.51. The van der Waals surface area contributed by atoms with Crippen LogP contribution in [0, 0.1) is 13.8 Å². The molecule has 0 saturated carbocycles. The SMILES string of the molecule is CN=C(NCCCn1nc(C)cc1C)NCc1ccc(NC(=O)NC(C)C)cc1. The second-order valence-electron chi connectivity index (χ2n) is 7.31. The molecule has 2 amide bonds. The van der Waals surface area contributed by atoms with Crippen molar-refractivity contribution < 1.29 is 4.79 Å². The second kappa shape index (κ2) is 11.1. The lowest BCUT2D eigenvalue weighted by Gasteiger charge is -2.13. The highest BCUT2D eigenvalue weighted by Gasteiger charge is 2.04. The number of anilines is 1. The zero-order valence-electron chi connectivity index (χ0n) is 18.0. The molecule has 8 nitrogen and oxygen atoms in total. The number of amides is 2. The van der Waals surface area contributed by atoms with Gasteiger partial charge in [-0.2, -0.15) is 5.10 Å². The molecular formula is C21H33N7O. The van der Waals surface area contributed by atoms with E-state index in [9.17, 15) is 4.79 Å². The highest BCUT2D eigenvalue weighted by molar-refractivity contribution is 5.89. The maximum absolute atomic E-state index is 11.7. The summed E-state index contributed by atoms with van der Waals surface area (Å²) in [6.45, 7) is 10.3. The Morgan fingerprint density at radius 1 is 1.17 bits per heavy atom. The molecule has 1 aromatic carbocycles. The third-order valence-corrected chi connectivity index (χ3v) is 4.26. The van der Waals surface area contributed by atoms with E-state index in [0.29, 0.717) is 6.54 Å². The van der Waals surface area contributed by atoms with Crippen LogP contribution in [0.4, 0.5) is 10.5 Å². The topological polar surface area (TPSA) is 95.4 Å². The largest absolute Gasteiger partial charge is 0.356 e. The number of aliphatic imine (C=N–C) groups is 1. The van der Waals surface area contributed by atoms with E-state index in [2.05, 4.69) is 44.3 Å². The first kappa shape index (κ1) is 22.3.